The Hall–Kier alpha value is -2.75. The van der Waals surface area contributed by atoms with Gasteiger partial charge in [-0.2, -0.15) is 0 Å². The molecule has 1 heterocycles. The lowest BCUT2D eigenvalue weighted by Crippen LogP contribution is -2.42. The third-order valence-electron chi connectivity index (χ3n) is 2.31. The molecule has 2 amide bonds. The first-order chi connectivity index (χ1) is 9.29. The quantitative estimate of drug-likeness (QED) is 0.294. The molecule has 0 aliphatic carbocycles. The van der Waals surface area contributed by atoms with Gasteiger partial charge in [0.25, 0.3) is 5.69 Å². The SMILES string of the molecule is NC(=O)CN(CC(N)=O)CC(=O)c1cc([N+](=O)[O-])c[nH]1. The number of rotatable bonds is 8. The van der Waals surface area contributed by atoms with E-state index in [1.807, 2.05) is 0 Å². The lowest BCUT2D eigenvalue weighted by Gasteiger charge is -2.17. The average Bonchev–Trinajstić information content (AvgIpc) is 2.75. The van der Waals surface area contributed by atoms with Crippen LogP contribution in [-0.2, 0) is 9.59 Å². The second-order valence-corrected chi connectivity index (χ2v) is 4.03. The molecule has 1 aromatic heterocycles. The Bertz CT molecular complexity index is 536. The minimum atomic E-state index is -0.725. The van der Waals surface area contributed by atoms with Gasteiger partial charge < -0.3 is 16.5 Å². The molecule has 0 atom stereocenters. The minimum absolute atomic E-state index is 0.00404. The number of carbonyl (C=O) groups excluding carboxylic acids is 3. The highest BCUT2D eigenvalue weighted by Gasteiger charge is 2.19. The highest BCUT2D eigenvalue weighted by atomic mass is 16.6. The molecule has 10 nitrogen and oxygen atoms in total. The molecule has 0 radical (unpaired) electrons. The number of nitro groups is 1. The zero-order chi connectivity index (χ0) is 15.3. The number of nitrogens with zero attached hydrogens (tertiary/aromatic N) is 2. The molecular formula is C10H13N5O5. The molecule has 0 aliphatic rings. The van der Waals surface area contributed by atoms with Gasteiger partial charge in [0.15, 0.2) is 5.78 Å². The molecule has 0 aliphatic heterocycles. The lowest BCUT2D eigenvalue weighted by atomic mass is 10.2. The molecular weight excluding hydrogens is 270 g/mol. The van der Waals surface area contributed by atoms with Crippen molar-refractivity contribution in [1.82, 2.24) is 9.88 Å². The van der Waals surface area contributed by atoms with Crippen LogP contribution in [0, 0.1) is 10.1 Å². The largest absolute Gasteiger partial charge is 0.369 e. The van der Waals surface area contributed by atoms with Crippen molar-refractivity contribution in [2.45, 2.75) is 0 Å². The Balaban J connectivity index is 2.75. The maximum Gasteiger partial charge on any atom is 0.287 e. The van der Waals surface area contributed by atoms with Crippen LogP contribution in [0.3, 0.4) is 0 Å². The number of aromatic nitrogens is 1. The number of hydrogen-bond acceptors (Lipinski definition) is 6. The van der Waals surface area contributed by atoms with E-state index in [9.17, 15) is 24.5 Å². The Morgan fingerprint density at radius 3 is 2.15 bits per heavy atom. The smallest absolute Gasteiger partial charge is 0.287 e. The van der Waals surface area contributed by atoms with E-state index in [2.05, 4.69) is 4.98 Å². The van der Waals surface area contributed by atoms with Gasteiger partial charge in [-0.25, -0.2) is 0 Å². The average molecular weight is 283 g/mol. The number of nitrogens with one attached hydrogen (secondary N) is 1. The summed E-state index contributed by atoms with van der Waals surface area (Å²) in [4.78, 5) is 46.9. The van der Waals surface area contributed by atoms with Crippen molar-refractivity contribution >= 4 is 23.3 Å². The van der Waals surface area contributed by atoms with E-state index in [1.54, 1.807) is 0 Å². The van der Waals surface area contributed by atoms with Crippen LogP contribution in [0.4, 0.5) is 5.69 Å². The monoisotopic (exact) mass is 283 g/mol. The van der Waals surface area contributed by atoms with Gasteiger partial charge in [-0.1, -0.05) is 0 Å². The van der Waals surface area contributed by atoms with Crippen molar-refractivity contribution in [2.75, 3.05) is 19.6 Å². The lowest BCUT2D eigenvalue weighted by molar-refractivity contribution is -0.384. The van der Waals surface area contributed by atoms with Gasteiger partial charge in [-0.05, 0) is 0 Å². The first-order valence-corrected chi connectivity index (χ1v) is 5.44. The summed E-state index contributed by atoms with van der Waals surface area (Å²) in [5.41, 5.74) is 9.71. The normalized spacial score (nSPS) is 10.4. The van der Waals surface area contributed by atoms with Crippen molar-refractivity contribution in [3.05, 3.63) is 28.1 Å². The Morgan fingerprint density at radius 2 is 1.75 bits per heavy atom. The van der Waals surface area contributed by atoms with Crippen LogP contribution in [0.5, 0.6) is 0 Å². The van der Waals surface area contributed by atoms with E-state index in [0.717, 1.165) is 17.2 Å². The standard InChI is InChI=1S/C10H13N5O5/c11-9(17)4-14(5-10(12)18)3-8(16)7-1-6(2-13-7)15(19)20/h1-2,13H,3-5H2,(H2,11,17)(H2,12,18). The van der Waals surface area contributed by atoms with Crippen LogP contribution in [0.15, 0.2) is 12.3 Å². The minimum Gasteiger partial charge on any atom is -0.369 e. The van der Waals surface area contributed by atoms with E-state index in [1.165, 1.54) is 0 Å². The van der Waals surface area contributed by atoms with Gasteiger partial charge in [-0.15, -0.1) is 0 Å². The first-order valence-electron chi connectivity index (χ1n) is 5.44. The van der Waals surface area contributed by atoms with E-state index in [4.69, 9.17) is 11.5 Å². The first kappa shape index (κ1) is 15.3. The van der Waals surface area contributed by atoms with Crippen LogP contribution in [0.25, 0.3) is 0 Å². The van der Waals surface area contributed by atoms with Crippen molar-refractivity contribution in [2.24, 2.45) is 11.5 Å². The third-order valence-corrected chi connectivity index (χ3v) is 2.31. The van der Waals surface area contributed by atoms with Crippen molar-refractivity contribution in [3.8, 4) is 0 Å². The van der Waals surface area contributed by atoms with Crippen molar-refractivity contribution in [3.63, 3.8) is 0 Å². The molecule has 0 unspecified atom stereocenters. The van der Waals surface area contributed by atoms with Crippen LogP contribution < -0.4 is 11.5 Å². The Morgan fingerprint density at radius 1 is 1.20 bits per heavy atom. The zero-order valence-corrected chi connectivity index (χ0v) is 10.4. The molecule has 0 aromatic carbocycles. The molecule has 0 bridgehead atoms. The van der Waals surface area contributed by atoms with E-state index >= 15 is 0 Å². The van der Waals surface area contributed by atoms with E-state index in [-0.39, 0.29) is 31.0 Å². The van der Waals surface area contributed by atoms with Gasteiger partial charge in [0.05, 0.1) is 36.4 Å². The van der Waals surface area contributed by atoms with Gasteiger partial charge >= 0.3 is 0 Å². The molecule has 0 saturated heterocycles. The number of nitrogens with two attached hydrogens (primary N) is 2. The van der Waals surface area contributed by atoms with Gasteiger partial charge in [0.1, 0.15) is 0 Å². The molecule has 0 saturated carbocycles. The number of aromatic amines is 1. The van der Waals surface area contributed by atoms with Crippen LogP contribution in [0.2, 0.25) is 0 Å². The molecule has 10 heteroatoms. The molecule has 5 N–H and O–H groups in total. The predicted octanol–water partition coefficient (Wildman–Crippen LogP) is -1.62. The topological polar surface area (TPSA) is 165 Å². The fourth-order valence-corrected chi connectivity index (χ4v) is 1.55. The molecule has 0 fully saturated rings. The number of amides is 2. The molecule has 1 aromatic rings. The Labute approximate surface area is 112 Å². The van der Waals surface area contributed by atoms with Crippen LogP contribution in [0.1, 0.15) is 10.5 Å². The summed E-state index contributed by atoms with van der Waals surface area (Å²) in [6, 6.07) is 1.06. The summed E-state index contributed by atoms with van der Waals surface area (Å²) < 4.78 is 0. The second-order valence-electron chi connectivity index (χ2n) is 4.03. The highest BCUT2D eigenvalue weighted by molar-refractivity contribution is 5.97. The molecule has 1 rings (SSSR count). The highest BCUT2D eigenvalue weighted by Crippen LogP contribution is 2.12. The van der Waals surface area contributed by atoms with Crippen LogP contribution in [-0.4, -0.2) is 52.0 Å². The fraction of sp³-hybridized carbons (Fsp3) is 0.300. The molecule has 0 spiro atoms. The van der Waals surface area contributed by atoms with Crippen molar-refractivity contribution in [1.29, 1.82) is 0 Å². The van der Waals surface area contributed by atoms with E-state index < -0.39 is 22.5 Å². The number of hydrogen-bond donors (Lipinski definition) is 3. The van der Waals surface area contributed by atoms with E-state index in [0.29, 0.717) is 0 Å². The maximum atomic E-state index is 11.9. The van der Waals surface area contributed by atoms with Crippen molar-refractivity contribution < 1.29 is 19.3 Å². The van der Waals surface area contributed by atoms with Gasteiger partial charge in [0.2, 0.25) is 11.8 Å². The predicted molar refractivity (Wildman–Crippen MR) is 66.6 cm³/mol. The summed E-state index contributed by atoms with van der Waals surface area (Å²) in [7, 11) is 0. The summed E-state index contributed by atoms with van der Waals surface area (Å²) in [5, 5.41) is 10.5. The number of Topliss-reactive ketones (excluding diaryl/α,β-unsaturated/α-hetero) is 1. The maximum absolute atomic E-state index is 11.9. The van der Waals surface area contributed by atoms with Crippen LogP contribution >= 0.6 is 0 Å². The second kappa shape index (κ2) is 6.43. The zero-order valence-electron chi connectivity index (χ0n) is 10.4. The number of carbonyl (C=O) groups is 3. The number of primary amides is 2. The number of ketones is 1. The summed E-state index contributed by atoms with van der Waals surface area (Å²) in [6.07, 6.45) is 1.07. The fourth-order valence-electron chi connectivity index (χ4n) is 1.55. The van der Waals surface area contributed by atoms with Gasteiger partial charge in [0, 0.05) is 6.07 Å². The number of H-pyrrole nitrogens is 1. The Kier molecular flexibility index (Phi) is 4.92. The summed E-state index contributed by atoms with van der Waals surface area (Å²) in [6.45, 7) is -0.960. The third kappa shape index (κ3) is 4.49. The molecule has 108 valence electrons. The van der Waals surface area contributed by atoms with Gasteiger partial charge in [-0.3, -0.25) is 29.4 Å². The molecule has 20 heavy (non-hydrogen) atoms. The summed E-state index contributed by atoms with van der Waals surface area (Å²) >= 11 is 0. The summed E-state index contributed by atoms with van der Waals surface area (Å²) in [5.74, 6) is -1.98.